The third kappa shape index (κ3) is 4.46. The number of likely N-dealkylation sites (tertiary alicyclic amines) is 1. The summed E-state index contributed by atoms with van der Waals surface area (Å²) in [5.41, 5.74) is 0.805. The van der Waals surface area contributed by atoms with Crippen LogP contribution in [-0.4, -0.2) is 47.2 Å². The van der Waals surface area contributed by atoms with Gasteiger partial charge in [-0.3, -0.25) is 0 Å². The van der Waals surface area contributed by atoms with Gasteiger partial charge in [0.05, 0.1) is 12.2 Å². The number of amides is 1. The van der Waals surface area contributed by atoms with E-state index in [-0.39, 0.29) is 12.7 Å². The summed E-state index contributed by atoms with van der Waals surface area (Å²) in [5.74, 6) is 0.581. The first-order chi connectivity index (χ1) is 10.2. The van der Waals surface area contributed by atoms with Crippen molar-refractivity contribution in [2.24, 2.45) is 0 Å². The quantitative estimate of drug-likeness (QED) is 0.847. The molecule has 0 aromatic carbocycles. The Kier molecular flexibility index (Phi) is 6.04. The number of hydrogen-bond donors (Lipinski definition) is 1. The Labute approximate surface area is 129 Å². The highest BCUT2D eigenvalue weighted by Crippen LogP contribution is 2.21. The highest BCUT2D eigenvalue weighted by Gasteiger charge is 2.17. The molecule has 1 saturated heterocycles. The van der Waals surface area contributed by atoms with Crippen LogP contribution in [0.25, 0.3) is 0 Å². The van der Waals surface area contributed by atoms with Crippen LogP contribution in [0.3, 0.4) is 0 Å². The lowest BCUT2D eigenvalue weighted by Gasteiger charge is -2.25. The fourth-order valence-corrected chi connectivity index (χ4v) is 2.55. The van der Waals surface area contributed by atoms with Gasteiger partial charge < -0.3 is 15.0 Å². The van der Waals surface area contributed by atoms with Gasteiger partial charge in [-0.25, -0.2) is 14.8 Å². The van der Waals surface area contributed by atoms with Gasteiger partial charge in [0.25, 0.3) is 0 Å². The molecule has 1 aliphatic heterocycles. The van der Waals surface area contributed by atoms with Gasteiger partial charge in [0, 0.05) is 13.1 Å². The molecule has 1 N–H and O–H groups in total. The topological polar surface area (TPSA) is 67.4 Å². The van der Waals surface area contributed by atoms with Crippen molar-refractivity contribution < 1.29 is 9.53 Å². The Morgan fingerprint density at radius 2 is 2.14 bits per heavy atom. The van der Waals surface area contributed by atoms with Gasteiger partial charge in [0.15, 0.2) is 0 Å². The Morgan fingerprint density at radius 1 is 1.38 bits per heavy atom. The van der Waals surface area contributed by atoms with Gasteiger partial charge in [0.2, 0.25) is 0 Å². The summed E-state index contributed by atoms with van der Waals surface area (Å²) in [4.78, 5) is 21.7. The monoisotopic (exact) mass is 312 g/mol. The van der Waals surface area contributed by atoms with Crippen LogP contribution in [0.1, 0.15) is 31.9 Å². The van der Waals surface area contributed by atoms with Crippen LogP contribution in [0.4, 0.5) is 10.6 Å². The molecule has 0 radical (unpaired) electrons. The standard InChI is InChI=1S/C14H21ClN4O2/c1-2-11-12(15)13(18-10-17-11)16-6-9-21-14(20)19-7-4-3-5-8-19/h10H,2-9H2,1H3,(H,16,17,18). The Bertz CT molecular complexity index is 478. The molecule has 2 heterocycles. The number of anilines is 1. The molecule has 1 fully saturated rings. The minimum atomic E-state index is -0.237. The van der Waals surface area contributed by atoms with Crippen LogP contribution < -0.4 is 5.32 Å². The van der Waals surface area contributed by atoms with Crippen molar-refractivity contribution >= 4 is 23.5 Å². The molecule has 21 heavy (non-hydrogen) atoms. The fraction of sp³-hybridized carbons (Fsp3) is 0.643. The number of rotatable bonds is 5. The molecule has 2 rings (SSSR count). The van der Waals surface area contributed by atoms with E-state index in [1.807, 2.05) is 6.92 Å². The van der Waals surface area contributed by atoms with E-state index in [1.165, 1.54) is 12.7 Å². The molecular weight excluding hydrogens is 292 g/mol. The van der Waals surface area contributed by atoms with Gasteiger partial charge in [-0.15, -0.1) is 0 Å². The minimum Gasteiger partial charge on any atom is -0.448 e. The summed E-state index contributed by atoms with van der Waals surface area (Å²) >= 11 is 6.17. The highest BCUT2D eigenvalue weighted by atomic mass is 35.5. The number of nitrogens with one attached hydrogen (secondary N) is 1. The number of carbonyl (C=O) groups is 1. The molecule has 1 amide bonds. The maximum absolute atomic E-state index is 11.8. The molecular formula is C14H21ClN4O2. The molecule has 0 bridgehead atoms. The van der Waals surface area contributed by atoms with E-state index in [2.05, 4.69) is 15.3 Å². The summed E-state index contributed by atoms with van der Waals surface area (Å²) in [5, 5.41) is 3.60. The molecule has 7 heteroatoms. The zero-order chi connectivity index (χ0) is 15.1. The van der Waals surface area contributed by atoms with E-state index >= 15 is 0 Å². The number of halogens is 1. The van der Waals surface area contributed by atoms with Crippen LogP contribution in [0.5, 0.6) is 0 Å². The van der Waals surface area contributed by atoms with Crippen molar-refractivity contribution in [2.45, 2.75) is 32.6 Å². The predicted molar refractivity (Wildman–Crippen MR) is 81.7 cm³/mol. The van der Waals surface area contributed by atoms with Crippen LogP contribution in [0.2, 0.25) is 5.02 Å². The SMILES string of the molecule is CCc1ncnc(NCCOC(=O)N2CCCCC2)c1Cl. The van der Waals surface area contributed by atoms with E-state index in [4.69, 9.17) is 16.3 Å². The molecule has 0 aliphatic carbocycles. The zero-order valence-corrected chi connectivity index (χ0v) is 13.0. The van der Waals surface area contributed by atoms with E-state index in [0.717, 1.165) is 38.0 Å². The fourth-order valence-electron chi connectivity index (χ4n) is 2.25. The third-order valence-electron chi connectivity index (χ3n) is 3.43. The minimum absolute atomic E-state index is 0.237. The van der Waals surface area contributed by atoms with Crippen molar-refractivity contribution in [3.05, 3.63) is 17.0 Å². The van der Waals surface area contributed by atoms with E-state index in [1.54, 1.807) is 4.90 Å². The molecule has 0 atom stereocenters. The summed E-state index contributed by atoms with van der Waals surface area (Å²) < 4.78 is 5.24. The van der Waals surface area contributed by atoms with Crippen LogP contribution in [-0.2, 0) is 11.2 Å². The van der Waals surface area contributed by atoms with Crippen molar-refractivity contribution in [3.8, 4) is 0 Å². The van der Waals surface area contributed by atoms with Crippen molar-refractivity contribution in [1.82, 2.24) is 14.9 Å². The Hall–Kier alpha value is -1.56. The lowest BCUT2D eigenvalue weighted by molar-refractivity contribution is 0.0985. The smallest absolute Gasteiger partial charge is 0.409 e. The second-order valence-corrected chi connectivity index (χ2v) is 5.30. The number of ether oxygens (including phenoxy) is 1. The van der Waals surface area contributed by atoms with Crippen LogP contribution in [0, 0.1) is 0 Å². The number of piperidine rings is 1. The zero-order valence-electron chi connectivity index (χ0n) is 12.3. The average Bonchev–Trinajstić information content (AvgIpc) is 2.53. The van der Waals surface area contributed by atoms with E-state index in [0.29, 0.717) is 17.4 Å². The molecule has 1 aliphatic rings. The van der Waals surface area contributed by atoms with Crippen LogP contribution in [0.15, 0.2) is 6.33 Å². The maximum Gasteiger partial charge on any atom is 0.409 e. The first kappa shape index (κ1) is 15.8. The highest BCUT2D eigenvalue weighted by molar-refractivity contribution is 6.33. The first-order valence-electron chi connectivity index (χ1n) is 7.37. The van der Waals surface area contributed by atoms with Gasteiger partial charge in [-0.05, 0) is 25.7 Å². The number of nitrogens with zero attached hydrogens (tertiary/aromatic N) is 3. The molecule has 6 nitrogen and oxygen atoms in total. The molecule has 0 saturated carbocycles. The molecule has 0 spiro atoms. The van der Waals surface area contributed by atoms with Gasteiger partial charge in [-0.2, -0.15) is 0 Å². The number of aromatic nitrogens is 2. The number of carbonyl (C=O) groups excluding carboxylic acids is 1. The largest absolute Gasteiger partial charge is 0.448 e. The lowest BCUT2D eigenvalue weighted by Crippen LogP contribution is -2.36. The normalized spacial score (nSPS) is 14.9. The molecule has 1 aromatic rings. The summed E-state index contributed by atoms with van der Waals surface area (Å²) in [6, 6.07) is 0. The lowest BCUT2D eigenvalue weighted by atomic mass is 10.1. The molecule has 0 unspecified atom stereocenters. The second-order valence-electron chi connectivity index (χ2n) is 4.93. The Balaban J connectivity index is 1.73. The predicted octanol–water partition coefficient (Wildman–Crippen LogP) is 2.73. The summed E-state index contributed by atoms with van der Waals surface area (Å²) in [6.07, 6.45) is 5.30. The number of aryl methyl sites for hydroxylation is 1. The van der Waals surface area contributed by atoms with Crippen molar-refractivity contribution in [3.63, 3.8) is 0 Å². The number of hydrogen-bond acceptors (Lipinski definition) is 5. The molecule has 116 valence electrons. The van der Waals surface area contributed by atoms with Gasteiger partial charge in [-0.1, -0.05) is 18.5 Å². The van der Waals surface area contributed by atoms with Gasteiger partial charge >= 0.3 is 6.09 Å². The Morgan fingerprint density at radius 3 is 2.86 bits per heavy atom. The second kappa shape index (κ2) is 8.02. The van der Waals surface area contributed by atoms with Crippen molar-refractivity contribution in [1.29, 1.82) is 0 Å². The van der Waals surface area contributed by atoms with Gasteiger partial charge in [0.1, 0.15) is 23.8 Å². The van der Waals surface area contributed by atoms with E-state index < -0.39 is 0 Å². The third-order valence-corrected chi connectivity index (χ3v) is 3.83. The van der Waals surface area contributed by atoms with Crippen LogP contribution >= 0.6 is 11.6 Å². The van der Waals surface area contributed by atoms with Crippen molar-refractivity contribution in [2.75, 3.05) is 31.6 Å². The summed E-state index contributed by atoms with van der Waals surface area (Å²) in [7, 11) is 0. The molecule has 1 aromatic heterocycles. The average molecular weight is 313 g/mol. The van der Waals surface area contributed by atoms with E-state index in [9.17, 15) is 4.79 Å². The summed E-state index contributed by atoms with van der Waals surface area (Å²) in [6.45, 7) is 4.34. The maximum atomic E-state index is 11.8. The first-order valence-corrected chi connectivity index (χ1v) is 7.75.